The third kappa shape index (κ3) is 4.05. The van der Waals surface area contributed by atoms with Crippen molar-refractivity contribution in [3.8, 4) is 61.3 Å². The van der Waals surface area contributed by atoms with Gasteiger partial charge >= 0.3 is 5.69 Å². The topological polar surface area (TPSA) is 39.8 Å². The molecule has 2 heterocycles. The van der Waals surface area contributed by atoms with Gasteiger partial charge in [-0.15, -0.1) is 0 Å². The summed E-state index contributed by atoms with van der Waals surface area (Å²) in [6, 6.07) is 46.1. The molecular formula is C48H32FN3O. The number of benzene rings is 7. The van der Waals surface area contributed by atoms with Gasteiger partial charge in [-0.2, -0.15) is 0 Å². The number of hydrogen-bond acceptors (Lipinski definition) is 2. The van der Waals surface area contributed by atoms with Gasteiger partial charge in [0.15, 0.2) is 0 Å². The van der Waals surface area contributed by atoms with E-state index in [0.717, 1.165) is 27.5 Å². The molecule has 4 nitrogen and oxygen atoms in total. The molecule has 0 amide bonds. The van der Waals surface area contributed by atoms with Gasteiger partial charge in [0.2, 0.25) is 0 Å². The van der Waals surface area contributed by atoms with E-state index in [9.17, 15) is 9.18 Å². The molecule has 53 heavy (non-hydrogen) atoms. The lowest BCUT2D eigenvalue weighted by atomic mass is 9.81. The van der Waals surface area contributed by atoms with Crippen LogP contribution in [0.4, 0.5) is 4.39 Å². The van der Waals surface area contributed by atoms with Crippen molar-refractivity contribution in [1.82, 2.24) is 14.1 Å². The summed E-state index contributed by atoms with van der Waals surface area (Å²) in [6.07, 6.45) is 1.74. The molecule has 0 unspecified atom stereocenters. The second-order valence-electron chi connectivity index (χ2n) is 15.0. The second-order valence-corrected chi connectivity index (χ2v) is 15.0. The number of aryl methyl sites for hydroxylation is 1. The van der Waals surface area contributed by atoms with E-state index in [4.69, 9.17) is 4.98 Å². The third-order valence-corrected chi connectivity index (χ3v) is 11.8. The number of aromatic nitrogens is 3. The van der Waals surface area contributed by atoms with Gasteiger partial charge in [-0.3, -0.25) is 14.1 Å². The number of imidazole rings is 1. The van der Waals surface area contributed by atoms with Crippen molar-refractivity contribution in [2.45, 2.75) is 19.3 Å². The van der Waals surface area contributed by atoms with Crippen molar-refractivity contribution in [1.29, 1.82) is 0 Å². The van der Waals surface area contributed by atoms with Gasteiger partial charge in [0.05, 0.1) is 28.4 Å². The largest absolute Gasteiger partial charge is 0.333 e. The number of rotatable bonds is 3. The molecule has 2 aliphatic carbocycles. The average Bonchev–Trinajstić information content (AvgIpc) is 3.74. The Morgan fingerprint density at radius 2 is 1.26 bits per heavy atom. The third-order valence-electron chi connectivity index (χ3n) is 11.8. The van der Waals surface area contributed by atoms with Gasteiger partial charge in [0.25, 0.3) is 0 Å². The highest BCUT2D eigenvalue weighted by molar-refractivity contribution is 6.18. The van der Waals surface area contributed by atoms with E-state index in [1.54, 1.807) is 34.5 Å². The van der Waals surface area contributed by atoms with E-state index in [1.807, 2.05) is 6.07 Å². The first kappa shape index (κ1) is 30.1. The SMILES string of the molecule is Cn1c(=O)n(-c2ccc(F)cc2)c2c3cc(-c4ccc5c(c4)-c4ccc(-c6ccc7c8c(cccc68)-c6ccccc6-7)cc4C5(C)C)ccc3ncc21. The van der Waals surface area contributed by atoms with E-state index in [2.05, 4.69) is 117 Å². The van der Waals surface area contributed by atoms with E-state index in [-0.39, 0.29) is 16.9 Å². The first-order valence-corrected chi connectivity index (χ1v) is 18.0. The molecular weight excluding hydrogens is 654 g/mol. The zero-order valence-corrected chi connectivity index (χ0v) is 29.4. The Labute approximate surface area is 305 Å². The van der Waals surface area contributed by atoms with Gasteiger partial charge in [-0.05, 0) is 126 Å². The van der Waals surface area contributed by atoms with Crippen molar-refractivity contribution < 1.29 is 4.39 Å². The number of nitrogens with zero attached hydrogens (tertiary/aromatic N) is 3. The summed E-state index contributed by atoms with van der Waals surface area (Å²) in [4.78, 5) is 18.3. The lowest BCUT2D eigenvalue weighted by molar-refractivity contribution is 0.627. The van der Waals surface area contributed by atoms with Crippen LogP contribution in [0.2, 0.25) is 0 Å². The summed E-state index contributed by atoms with van der Waals surface area (Å²) in [6.45, 7) is 4.65. The molecule has 7 aromatic carbocycles. The molecule has 252 valence electrons. The second kappa shape index (κ2) is 10.5. The lowest BCUT2D eigenvalue weighted by Gasteiger charge is -2.22. The van der Waals surface area contributed by atoms with E-state index in [0.29, 0.717) is 11.2 Å². The smallest absolute Gasteiger partial charge is 0.293 e. The molecule has 0 fully saturated rings. The van der Waals surface area contributed by atoms with E-state index < -0.39 is 0 Å². The fourth-order valence-electron chi connectivity index (χ4n) is 9.17. The van der Waals surface area contributed by atoms with Crippen LogP contribution in [0.1, 0.15) is 25.0 Å². The Bertz CT molecular complexity index is 3100. The highest BCUT2D eigenvalue weighted by atomic mass is 19.1. The summed E-state index contributed by atoms with van der Waals surface area (Å²) < 4.78 is 17.1. The van der Waals surface area contributed by atoms with Gasteiger partial charge < -0.3 is 0 Å². The fraction of sp³-hybridized carbons (Fsp3) is 0.0833. The highest BCUT2D eigenvalue weighted by Crippen LogP contribution is 2.53. The molecule has 0 saturated carbocycles. The summed E-state index contributed by atoms with van der Waals surface area (Å²) in [5.41, 5.74) is 17.5. The van der Waals surface area contributed by atoms with Crippen molar-refractivity contribution >= 4 is 32.7 Å². The predicted octanol–water partition coefficient (Wildman–Crippen LogP) is 11.5. The fourth-order valence-corrected chi connectivity index (χ4v) is 9.17. The molecule has 0 N–H and O–H groups in total. The number of pyridine rings is 1. The Hall–Kier alpha value is -6.59. The predicted molar refractivity (Wildman–Crippen MR) is 214 cm³/mol. The van der Waals surface area contributed by atoms with Crippen molar-refractivity contribution in [3.63, 3.8) is 0 Å². The van der Waals surface area contributed by atoms with E-state index in [1.165, 1.54) is 78.5 Å². The first-order chi connectivity index (χ1) is 25.8. The van der Waals surface area contributed by atoms with Crippen LogP contribution in [0.3, 0.4) is 0 Å². The molecule has 0 saturated heterocycles. The zero-order chi connectivity index (χ0) is 35.7. The van der Waals surface area contributed by atoms with Crippen LogP contribution < -0.4 is 5.69 Å². The van der Waals surface area contributed by atoms with Gasteiger partial charge in [-0.1, -0.05) is 98.8 Å². The monoisotopic (exact) mass is 685 g/mol. The van der Waals surface area contributed by atoms with Gasteiger partial charge in [-0.25, -0.2) is 9.18 Å². The molecule has 0 bridgehead atoms. The minimum absolute atomic E-state index is 0.182. The number of halogens is 1. The minimum atomic E-state index is -0.346. The molecule has 2 aromatic heterocycles. The van der Waals surface area contributed by atoms with Crippen molar-refractivity contribution in [2.24, 2.45) is 7.05 Å². The molecule has 11 rings (SSSR count). The number of fused-ring (bicyclic) bond motifs is 9. The van der Waals surface area contributed by atoms with E-state index >= 15 is 0 Å². The summed E-state index contributed by atoms with van der Waals surface area (Å²) in [5.74, 6) is -0.346. The molecule has 0 spiro atoms. The van der Waals surface area contributed by atoms with Gasteiger partial charge in [0.1, 0.15) is 5.82 Å². The Morgan fingerprint density at radius 1 is 0.585 bits per heavy atom. The molecule has 2 aliphatic rings. The maximum atomic E-state index is 13.9. The average molecular weight is 686 g/mol. The highest BCUT2D eigenvalue weighted by Gasteiger charge is 2.36. The first-order valence-electron chi connectivity index (χ1n) is 18.0. The van der Waals surface area contributed by atoms with Gasteiger partial charge in [0, 0.05) is 17.8 Å². The molecule has 0 aliphatic heterocycles. The van der Waals surface area contributed by atoms with Crippen LogP contribution in [0.25, 0.3) is 94.0 Å². The zero-order valence-electron chi connectivity index (χ0n) is 29.4. The normalized spacial score (nSPS) is 13.5. The number of hydrogen-bond donors (Lipinski definition) is 0. The lowest BCUT2D eigenvalue weighted by Crippen LogP contribution is -2.20. The maximum Gasteiger partial charge on any atom is 0.333 e. The van der Waals surface area contributed by atoms with Crippen LogP contribution in [0, 0.1) is 5.82 Å². The van der Waals surface area contributed by atoms with Crippen LogP contribution in [0.15, 0.2) is 144 Å². The summed E-state index contributed by atoms with van der Waals surface area (Å²) in [5, 5.41) is 3.49. The molecule has 0 atom stereocenters. The van der Waals surface area contributed by atoms with Crippen LogP contribution >= 0.6 is 0 Å². The molecule has 0 radical (unpaired) electrons. The van der Waals surface area contributed by atoms with Crippen molar-refractivity contribution in [3.05, 3.63) is 167 Å². The quantitative estimate of drug-likeness (QED) is 0.186. The van der Waals surface area contributed by atoms with Crippen molar-refractivity contribution in [2.75, 3.05) is 0 Å². The van der Waals surface area contributed by atoms with Crippen LogP contribution in [0.5, 0.6) is 0 Å². The molecule has 9 aromatic rings. The minimum Gasteiger partial charge on any atom is -0.293 e. The Morgan fingerprint density at radius 3 is 2.08 bits per heavy atom. The molecule has 5 heteroatoms. The maximum absolute atomic E-state index is 13.9. The summed E-state index contributed by atoms with van der Waals surface area (Å²) in [7, 11) is 1.75. The standard InChI is InChI=1S/C48H32FN3O/c1-48(2)41-21-12-27(28-13-22-43-40(24-28)46-44(26-50-43)51(3)47(53)52(46)31-16-14-30(49)15-17-31)23-39(41)35-18-11-29(25-42(35)48)32-19-20-38-34-8-5-4-7-33(34)37-10-6-9-36(32)45(37)38/h4-26H,1-3H3. The Balaban J connectivity index is 1.04. The van der Waals surface area contributed by atoms with Crippen LogP contribution in [-0.4, -0.2) is 14.1 Å². The summed E-state index contributed by atoms with van der Waals surface area (Å²) >= 11 is 0. The van der Waals surface area contributed by atoms with Crippen LogP contribution in [-0.2, 0) is 12.5 Å². The Kier molecular flexibility index (Phi) is 5.95.